The summed E-state index contributed by atoms with van der Waals surface area (Å²) >= 11 is 5.05. The third kappa shape index (κ3) is 3.64. The molecule has 2 N–H and O–H groups in total. The fourth-order valence-electron chi connectivity index (χ4n) is 1.31. The van der Waals surface area contributed by atoms with Crippen LogP contribution < -0.4 is 10.6 Å². The number of nitrogens with one attached hydrogen (secondary N) is 2. The van der Waals surface area contributed by atoms with Crippen LogP contribution in [0, 0.1) is 0 Å². The Hall–Kier alpha value is -1.21. The molecular formula is C11H14BrN5S. The van der Waals surface area contributed by atoms with E-state index in [1.165, 1.54) is 4.88 Å². The van der Waals surface area contributed by atoms with E-state index in [0.717, 1.165) is 23.3 Å². The molecule has 0 radical (unpaired) electrons. The van der Waals surface area contributed by atoms with Crippen molar-refractivity contribution in [1.29, 1.82) is 0 Å². The molecule has 2 rings (SSSR count). The van der Waals surface area contributed by atoms with Crippen LogP contribution in [0.4, 0.5) is 11.8 Å². The summed E-state index contributed by atoms with van der Waals surface area (Å²) in [6.45, 7) is 3.69. The molecule has 5 nitrogen and oxygen atoms in total. The lowest BCUT2D eigenvalue weighted by Crippen LogP contribution is -2.07. The molecule has 0 aromatic carbocycles. The Kier molecular flexibility index (Phi) is 4.89. The molecule has 0 aliphatic carbocycles. The largest absolute Gasteiger partial charge is 0.364 e. The molecule has 2 aromatic rings. The number of anilines is 2. The summed E-state index contributed by atoms with van der Waals surface area (Å²) < 4.78 is 0.856. The predicted octanol–water partition coefficient (Wildman–Crippen LogP) is 3.13. The van der Waals surface area contributed by atoms with Crippen LogP contribution in [-0.4, -0.2) is 21.5 Å². The second-order valence-corrected chi connectivity index (χ2v) is 5.46. The van der Waals surface area contributed by atoms with Crippen LogP contribution in [-0.2, 0) is 6.54 Å². The highest BCUT2D eigenvalue weighted by atomic mass is 79.9. The fraction of sp³-hybridized carbons (Fsp3) is 0.364. The quantitative estimate of drug-likeness (QED) is 0.853. The summed E-state index contributed by atoms with van der Waals surface area (Å²) in [5.74, 6) is 1.43. The van der Waals surface area contributed by atoms with Gasteiger partial charge in [0.15, 0.2) is 0 Å². The summed E-state index contributed by atoms with van der Waals surface area (Å²) in [4.78, 5) is 13.8. The topological polar surface area (TPSA) is 62.7 Å². The van der Waals surface area contributed by atoms with Crippen molar-refractivity contribution in [2.24, 2.45) is 0 Å². The molecule has 7 heteroatoms. The minimum absolute atomic E-state index is 0.645. The zero-order valence-corrected chi connectivity index (χ0v) is 12.4. The lowest BCUT2D eigenvalue weighted by Gasteiger charge is -2.08. The van der Waals surface area contributed by atoms with Crippen molar-refractivity contribution in [1.82, 2.24) is 15.0 Å². The normalized spacial score (nSPS) is 10.3. The van der Waals surface area contributed by atoms with Gasteiger partial charge in [0.25, 0.3) is 0 Å². The Balaban J connectivity index is 2.01. The van der Waals surface area contributed by atoms with Crippen molar-refractivity contribution in [3.8, 4) is 0 Å². The molecule has 96 valence electrons. The first-order valence-electron chi connectivity index (χ1n) is 5.67. The van der Waals surface area contributed by atoms with E-state index in [9.17, 15) is 0 Å². The van der Waals surface area contributed by atoms with E-state index in [2.05, 4.69) is 48.4 Å². The summed E-state index contributed by atoms with van der Waals surface area (Å²) in [6.07, 6.45) is 4.64. The molecule has 2 aromatic heterocycles. The summed E-state index contributed by atoms with van der Waals surface area (Å²) in [6, 6.07) is 0. The van der Waals surface area contributed by atoms with Crippen molar-refractivity contribution in [3.63, 3.8) is 0 Å². The lowest BCUT2D eigenvalue weighted by atomic mass is 10.5. The zero-order chi connectivity index (χ0) is 12.8. The first-order valence-corrected chi connectivity index (χ1v) is 7.34. The zero-order valence-electron chi connectivity index (χ0n) is 9.98. The molecule has 0 amide bonds. The second kappa shape index (κ2) is 6.65. The molecule has 0 unspecified atom stereocenters. The molecular weight excluding hydrogens is 314 g/mol. The van der Waals surface area contributed by atoms with Crippen molar-refractivity contribution >= 4 is 39.0 Å². The number of halogens is 1. The predicted molar refractivity (Wildman–Crippen MR) is 78.0 cm³/mol. The molecule has 0 bridgehead atoms. The average Bonchev–Trinajstić information content (AvgIpc) is 2.89. The van der Waals surface area contributed by atoms with Crippen molar-refractivity contribution in [2.45, 2.75) is 19.9 Å². The van der Waals surface area contributed by atoms with E-state index in [4.69, 9.17) is 0 Å². The van der Waals surface area contributed by atoms with E-state index in [0.29, 0.717) is 12.5 Å². The third-order valence-electron chi connectivity index (χ3n) is 2.19. The van der Waals surface area contributed by atoms with E-state index in [1.54, 1.807) is 17.5 Å². The number of rotatable bonds is 6. The van der Waals surface area contributed by atoms with Crippen molar-refractivity contribution < 1.29 is 0 Å². The fourth-order valence-corrected chi connectivity index (χ4v) is 2.18. The van der Waals surface area contributed by atoms with Crippen LogP contribution in [0.1, 0.15) is 18.2 Å². The highest BCUT2D eigenvalue weighted by Gasteiger charge is 2.05. The van der Waals surface area contributed by atoms with Crippen LogP contribution in [0.3, 0.4) is 0 Å². The lowest BCUT2D eigenvalue weighted by molar-refractivity contribution is 0.949. The number of hydrogen-bond donors (Lipinski definition) is 2. The van der Waals surface area contributed by atoms with E-state index in [-0.39, 0.29) is 0 Å². The van der Waals surface area contributed by atoms with Crippen LogP contribution in [0.5, 0.6) is 0 Å². The monoisotopic (exact) mass is 327 g/mol. The Morgan fingerprint density at radius 1 is 1.33 bits per heavy atom. The molecule has 0 spiro atoms. The molecule has 18 heavy (non-hydrogen) atoms. The molecule has 0 fully saturated rings. The molecule has 0 aliphatic heterocycles. The summed E-state index contributed by atoms with van der Waals surface area (Å²) in [5.41, 5.74) is 1.82. The minimum atomic E-state index is 0.645. The van der Waals surface area contributed by atoms with E-state index in [1.807, 2.05) is 11.7 Å². The summed E-state index contributed by atoms with van der Waals surface area (Å²) in [7, 11) is 0. The Morgan fingerprint density at radius 2 is 2.22 bits per heavy atom. The SMILES string of the molecule is CCCNc1ncc(Br)c(NCc2cncs2)n1. The van der Waals surface area contributed by atoms with Crippen LogP contribution >= 0.6 is 27.3 Å². The van der Waals surface area contributed by atoms with Gasteiger partial charge in [0.2, 0.25) is 5.95 Å². The molecule has 0 saturated heterocycles. The van der Waals surface area contributed by atoms with Gasteiger partial charge in [-0.1, -0.05) is 6.92 Å². The Bertz CT molecular complexity index is 488. The highest BCUT2D eigenvalue weighted by Crippen LogP contribution is 2.21. The third-order valence-corrected chi connectivity index (χ3v) is 3.55. The number of hydrogen-bond acceptors (Lipinski definition) is 6. The van der Waals surface area contributed by atoms with Crippen LogP contribution in [0.2, 0.25) is 0 Å². The standard InChI is InChI=1S/C11H14BrN5S/c1-2-3-14-11-16-6-9(12)10(17-11)15-5-8-4-13-7-18-8/h4,6-7H,2-3,5H2,1H3,(H2,14,15,16,17). The Morgan fingerprint density at radius 3 is 2.94 bits per heavy atom. The van der Waals surface area contributed by atoms with Gasteiger partial charge in [-0.3, -0.25) is 4.98 Å². The highest BCUT2D eigenvalue weighted by molar-refractivity contribution is 9.10. The second-order valence-electron chi connectivity index (χ2n) is 3.64. The average molecular weight is 328 g/mol. The number of nitrogens with zero attached hydrogens (tertiary/aromatic N) is 3. The molecule has 0 aliphatic rings. The van der Waals surface area contributed by atoms with E-state index < -0.39 is 0 Å². The van der Waals surface area contributed by atoms with Gasteiger partial charge in [-0.2, -0.15) is 4.98 Å². The van der Waals surface area contributed by atoms with Gasteiger partial charge < -0.3 is 10.6 Å². The summed E-state index contributed by atoms with van der Waals surface area (Å²) in [5, 5.41) is 6.43. The first-order chi connectivity index (χ1) is 8.79. The number of thiazole rings is 1. The molecule has 2 heterocycles. The maximum absolute atomic E-state index is 4.41. The minimum Gasteiger partial charge on any atom is -0.364 e. The van der Waals surface area contributed by atoms with Crippen molar-refractivity contribution in [2.75, 3.05) is 17.2 Å². The smallest absolute Gasteiger partial charge is 0.224 e. The Labute approximate surface area is 118 Å². The van der Waals surface area contributed by atoms with Gasteiger partial charge in [0.05, 0.1) is 16.5 Å². The van der Waals surface area contributed by atoms with Gasteiger partial charge in [-0.05, 0) is 22.4 Å². The number of aromatic nitrogens is 3. The maximum Gasteiger partial charge on any atom is 0.224 e. The maximum atomic E-state index is 4.41. The van der Waals surface area contributed by atoms with Gasteiger partial charge >= 0.3 is 0 Å². The molecule has 0 atom stereocenters. The van der Waals surface area contributed by atoms with Crippen molar-refractivity contribution in [3.05, 3.63) is 27.3 Å². The van der Waals surface area contributed by atoms with Crippen LogP contribution in [0.15, 0.2) is 22.4 Å². The molecule has 0 saturated carbocycles. The first kappa shape index (κ1) is 13.2. The van der Waals surface area contributed by atoms with Gasteiger partial charge in [-0.25, -0.2) is 4.98 Å². The van der Waals surface area contributed by atoms with Gasteiger partial charge in [0.1, 0.15) is 5.82 Å². The van der Waals surface area contributed by atoms with Gasteiger partial charge in [0, 0.05) is 23.8 Å². The van der Waals surface area contributed by atoms with Crippen LogP contribution in [0.25, 0.3) is 0 Å². The van der Waals surface area contributed by atoms with E-state index >= 15 is 0 Å². The van der Waals surface area contributed by atoms with Gasteiger partial charge in [-0.15, -0.1) is 11.3 Å².